The number of hydrogen-bond acceptors (Lipinski definition) is 3. The van der Waals surface area contributed by atoms with E-state index in [2.05, 4.69) is 0 Å². The Kier molecular flexibility index (Phi) is 4.54. The van der Waals surface area contributed by atoms with Crippen molar-refractivity contribution < 1.29 is 27.5 Å². The molecule has 0 N–H and O–H groups in total. The van der Waals surface area contributed by atoms with Gasteiger partial charge in [0.05, 0.1) is 29.7 Å². The number of ether oxygens (including phenoxy) is 1. The summed E-state index contributed by atoms with van der Waals surface area (Å²) in [4.78, 5) is 26.2. The van der Waals surface area contributed by atoms with Crippen molar-refractivity contribution in [3.05, 3.63) is 71.5 Å². The molecule has 0 saturated carbocycles. The van der Waals surface area contributed by atoms with E-state index in [-0.39, 0.29) is 17.7 Å². The topological polar surface area (TPSA) is 46.6 Å². The van der Waals surface area contributed by atoms with Crippen molar-refractivity contribution in [2.24, 2.45) is 0 Å². The third-order valence-corrected chi connectivity index (χ3v) is 3.90. The molecule has 0 unspecified atom stereocenters. The highest BCUT2D eigenvalue weighted by molar-refractivity contribution is 6.41. The van der Waals surface area contributed by atoms with Crippen LogP contribution in [0.4, 0.5) is 18.9 Å². The second-order valence-electron chi connectivity index (χ2n) is 5.49. The van der Waals surface area contributed by atoms with E-state index < -0.39 is 29.2 Å². The van der Waals surface area contributed by atoms with Crippen LogP contribution < -0.4 is 4.90 Å². The van der Waals surface area contributed by atoms with Gasteiger partial charge in [0.15, 0.2) is 0 Å². The lowest BCUT2D eigenvalue weighted by molar-refractivity contribution is -0.137. The summed E-state index contributed by atoms with van der Waals surface area (Å²) >= 11 is 0. The van der Waals surface area contributed by atoms with Gasteiger partial charge in [0, 0.05) is 11.1 Å². The summed E-state index contributed by atoms with van der Waals surface area (Å²) in [5, 5.41) is 0. The van der Waals surface area contributed by atoms with Crippen LogP contribution in [0, 0.1) is 0 Å². The number of carbonyl (C=O) groups excluding carboxylic acids is 2. The molecule has 7 heteroatoms. The maximum atomic E-state index is 13.4. The van der Waals surface area contributed by atoms with Crippen LogP contribution in [0.2, 0.25) is 0 Å². The summed E-state index contributed by atoms with van der Waals surface area (Å²) in [6.07, 6.45) is -3.53. The number of rotatable bonds is 3. The van der Waals surface area contributed by atoms with Crippen molar-refractivity contribution in [1.82, 2.24) is 0 Å². The quantitative estimate of drug-likeness (QED) is 0.466. The highest BCUT2D eigenvalue weighted by Crippen LogP contribution is 2.40. The van der Waals surface area contributed by atoms with Crippen LogP contribution in [-0.4, -0.2) is 18.4 Å². The van der Waals surface area contributed by atoms with Crippen LogP contribution in [0.3, 0.4) is 0 Å². The number of halogens is 3. The van der Waals surface area contributed by atoms with Gasteiger partial charge in [-0.3, -0.25) is 9.59 Å². The van der Waals surface area contributed by atoms with Gasteiger partial charge in [-0.2, -0.15) is 13.2 Å². The zero-order valence-electron chi connectivity index (χ0n) is 13.7. The van der Waals surface area contributed by atoms with Gasteiger partial charge in [-0.05, 0) is 25.1 Å². The second kappa shape index (κ2) is 6.67. The third kappa shape index (κ3) is 2.96. The molecule has 0 bridgehead atoms. The molecule has 2 aromatic rings. The van der Waals surface area contributed by atoms with Crippen LogP contribution in [0.5, 0.6) is 0 Å². The Labute approximate surface area is 147 Å². The molecule has 0 aliphatic carbocycles. The number of para-hydroxylation sites is 1. The third-order valence-electron chi connectivity index (χ3n) is 3.90. The SMILES string of the molecule is CCOC=C1C(=O)N(c2ccccc2C(F)(F)F)C(=O)c2ccccc21. The first-order valence-corrected chi connectivity index (χ1v) is 7.82. The van der Waals surface area contributed by atoms with Crippen LogP contribution in [-0.2, 0) is 15.7 Å². The largest absolute Gasteiger partial charge is 0.501 e. The minimum atomic E-state index is -4.71. The summed E-state index contributed by atoms with van der Waals surface area (Å²) in [7, 11) is 0. The minimum absolute atomic E-state index is 0.0269. The van der Waals surface area contributed by atoms with Crippen molar-refractivity contribution in [3.8, 4) is 0 Å². The molecule has 0 fully saturated rings. The molecule has 0 aromatic heterocycles. The molecular formula is C19H14F3NO3. The molecule has 1 heterocycles. The molecule has 4 nitrogen and oxygen atoms in total. The summed E-state index contributed by atoms with van der Waals surface area (Å²) < 4.78 is 45.3. The number of hydrogen-bond donors (Lipinski definition) is 0. The molecular weight excluding hydrogens is 347 g/mol. The average molecular weight is 361 g/mol. The van der Waals surface area contributed by atoms with E-state index >= 15 is 0 Å². The van der Waals surface area contributed by atoms with Gasteiger partial charge >= 0.3 is 6.18 Å². The Bertz CT molecular complexity index is 903. The predicted octanol–water partition coefficient (Wildman–Crippen LogP) is 4.27. The fourth-order valence-electron chi connectivity index (χ4n) is 2.76. The molecule has 2 amide bonds. The molecule has 134 valence electrons. The van der Waals surface area contributed by atoms with Crippen LogP contribution in [0.1, 0.15) is 28.4 Å². The number of imide groups is 1. The van der Waals surface area contributed by atoms with Crippen molar-refractivity contribution in [3.63, 3.8) is 0 Å². The van der Waals surface area contributed by atoms with Crippen LogP contribution >= 0.6 is 0 Å². The molecule has 26 heavy (non-hydrogen) atoms. The zero-order valence-corrected chi connectivity index (χ0v) is 13.7. The van der Waals surface area contributed by atoms with Crippen molar-refractivity contribution in [2.45, 2.75) is 13.1 Å². The molecule has 0 radical (unpaired) electrons. The lowest BCUT2D eigenvalue weighted by atomic mass is 9.93. The van der Waals surface area contributed by atoms with Gasteiger partial charge in [-0.1, -0.05) is 30.3 Å². The highest BCUT2D eigenvalue weighted by atomic mass is 19.4. The number of nitrogens with zero attached hydrogens (tertiary/aromatic N) is 1. The Morgan fingerprint density at radius 2 is 1.58 bits per heavy atom. The van der Waals surface area contributed by atoms with E-state index in [0.29, 0.717) is 10.5 Å². The van der Waals surface area contributed by atoms with E-state index in [1.165, 1.54) is 24.5 Å². The van der Waals surface area contributed by atoms with Crippen molar-refractivity contribution >= 4 is 23.1 Å². The van der Waals surface area contributed by atoms with Gasteiger partial charge < -0.3 is 4.74 Å². The fourth-order valence-corrected chi connectivity index (χ4v) is 2.76. The second-order valence-corrected chi connectivity index (χ2v) is 5.49. The lowest BCUT2D eigenvalue weighted by Gasteiger charge is -2.30. The van der Waals surface area contributed by atoms with E-state index in [4.69, 9.17) is 4.74 Å². The van der Waals surface area contributed by atoms with Gasteiger partial charge in [-0.25, -0.2) is 4.90 Å². The fraction of sp³-hybridized carbons (Fsp3) is 0.158. The van der Waals surface area contributed by atoms with Gasteiger partial charge in [0.25, 0.3) is 11.8 Å². The van der Waals surface area contributed by atoms with Gasteiger partial charge in [-0.15, -0.1) is 0 Å². The van der Waals surface area contributed by atoms with E-state index in [1.54, 1.807) is 25.1 Å². The predicted molar refractivity (Wildman–Crippen MR) is 89.3 cm³/mol. The number of anilines is 1. The molecule has 1 aliphatic rings. The minimum Gasteiger partial charge on any atom is -0.501 e. The van der Waals surface area contributed by atoms with Gasteiger partial charge in [0.1, 0.15) is 0 Å². The van der Waals surface area contributed by atoms with Crippen molar-refractivity contribution in [2.75, 3.05) is 11.5 Å². The van der Waals surface area contributed by atoms with E-state index in [1.807, 2.05) is 0 Å². The lowest BCUT2D eigenvalue weighted by Crippen LogP contribution is -2.42. The first-order chi connectivity index (χ1) is 12.4. The zero-order chi connectivity index (χ0) is 18.9. The highest BCUT2D eigenvalue weighted by Gasteiger charge is 2.41. The number of alkyl halides is 3. The first kappa shape index (κ1) is 17.7. The van der Waals surface area contributed by atoms with E-state index in [0.717, 1.165) is 12.1 Å². The first-order valence-electron chi connectivity index (χ1n) is 7.82. The van der Waals surface area contributed by atoms with Crippen molar-refractivity contribution in [1.29, 1.82) is 0 Å². The smallest absolute Gasteiger partial charge is 0.418 e. The van der Waals surface area contributed by atoms with Crippen LogP contribution in [0.15, 0.2) is 54.8 Å². The van der Waals surface area contributed by atoms with Gasteiger partial charge in [0.2, 0.25) is 0 Å². The maximum Gasteiger partial charge on any atom is 0.418 e. The van der Waals surface area contributed by atoms with E-state index in [9.17, 15) is 22.8 Å². The summed E-state index contributed by atoms with van der Waals surface area (Å²) in [5.41, 5.74) is -1.07. The number of amides is 2. The summed E-state index contributed by atoms with van der Waals surface area (Å²) in [5.74, 6) is -1.67. The number of fused-ring (bicyclic) bond motifs is 1. The number of benzene rings is 2. The molecule has 2 aromatic carbocycles. The Morgan fingerprint density at radius 1 is 0.962 bits per heavy atom. The molecule has 0 atom stereocenters. The average Bonchev–Trinajstić information content (AvgIpc) is 2.61. The maximum absolute atomic E-state index is 13.4. The number of carbonyl (C=O) groups is 2. The van der Waals surface area contributed by atoms with Crippen LogP contribution in [0.25, 0.3) is 5.57 Å². The normalized spacial score (nSPS) is 16.0. The summed E-state index contributed by atoms with van der Waals surface area (Å²) in [6.45, 7) is 1.98. The Hall–Kier alpha value is -3.09. The monoisotopic (exact) mass is 361 g/mol. The Balaban J connectivity index is 2.22. The molecule has 3 rings (SSSR count). The Morgan fingerprint density at radius 3 is 2.23 bits per heavy atom. The molecule has 0 saturated heterocycles. The molecule has 0 spiro atoms. The standard InChI is InChI=1S/C19H14F3NO3/c1-2-26-11-14-12-7-3-4-8-13(12)17(24)23(18(14)25)16-10-6-5-9-15(16)19(20,21)22/h3-11H,2H2,1H3. The summed E-state index contributed by atoms with van der Waals surface area (Å²) in [6, 6.07) is 10.7. The molecule has 1 aliphatic heterocycles.